The Bertz CT molecular complexity index is 998. The number of thiophene rings is 1. The summed E-state index contributed by atoms with van der Waals surface area (Å²) in [6.07, 6.45) is 0. The molecule has 2 aliphatic rings. The molecule has 31 heavy (non-hydrogen) atoms. The van der Waals surface area contributed by atoms with Crippen LogP contribution < -0.4 is 4.90 Å². The molecule has 0 unspecified atom stereocenters. The Hall–Kier alpha value is -2.10. The van der Waals surface area contributed by atoms with Gasteiger partial charge in [0.25, 0.3) is 0 Å². The van der Waals surface area contributed by atoms with Gasteiger partial charge in [-0.15, -0.1) is 11.3 Å². The van der Waals surface area contributed by atoms with Crippen molar-refractivity contribution >= 4 is 27.4 Å². The van der Waals surface area contributed by atoms with Crippen molar-refractivity contribution in [3.63, 3.8) is 0 Å². The minimum absolute atomic E-state index is 0.212. The van der Waals surface area contributed by atoms with Crippen LogP contribution in [0.1, 0.15) is 5.82 Å². The van der Waals surface area contributed by atoms with E-state index >= 15 is 0 Å². The molecule has 0 saturated carbocycles. The molecule has 7 nitrogen and oxygen atoms in total. The standard InChI is InChI=1S/C23H29N5O2S/c29-13-10-26-6-8-28(9-7-26)22-21-19(18-4-2-1-3-5-18)17-31-23(21)25-20(24-22)16-27-11-14-30-15-12-27/h1-5,17,29H,6-16H2. The highest BCUT2D eigenvalue weighted by Gasteiger charge is 2.24. The first-order valence-electron chi connectivity index (χ1n) is 11.0. The minimum atomic E-state index is 0.212. The third kappa shape index (κ3) is 4.58. The van der Waals surface area contributed by atoms with Crippen LogP contribution in [-0.2, 0) is 11.3 Å². The van der Waals surface area contributed by atoms with Crippen molar-refractivity contribution in [2.45, 2.75) is 6.54 Å². The highest BCUT2D eigenvalue weighted by atomic mass is 32.1. The highest BCUT2D eigenvalue weighted by Crippen LogP contribution is 2.38. The van der Waals surface area contributed by atoms with Gasteiger partial charge >= 0.3 is 0 Å². The molecule has 0 bridgehead atoms. The summed E-state index contributed by atoms with van der Waals surface area (Å²) in [5.74, 6) is 1.95. The number of nitrogens with zero attached hydrogens (tertiary/aromatic N) is 5. The number of rotatable bonds is 6. The lowest BCUT2D eigenvalue weighted by Gasteiger charge is -2.35. The highest BCUT2D eigenvalue weighted by molar-refractivity contribution is 7.17. The van der Waals surface area contributed by atoms with Crippen molar-refractivity contribution in [1.29, 1.82) is 0 Å². The van der Waals surface area contributed by atoms with Crippen LogP contribution in [0.4, 0.5) is 5.82 Å². The second kappa shape index (κ2) is 9.58. The molecule has 2 aromatic heterocycles. The largest absolute Gasteiger partial charge is 0.395 e. The predicted molar refractivity (Wildman–Crippen MR) is 125 cm³/mol. The molecular formula is C23H29N5O2S. The normalized spacial score (nSPS) is 18.7. The average molecular weight is 440 g/mol. The van der Waals surface area contributed by atoms with Crippen molar-refractivity contribution in [2.75, 3.05) is 70.5 Å². The maximum absolute atomic E-state index is 9.28. The van der Waals surface area contributed by atoms with Crippen LogP contribution >= 0.6 is 11.3 Å². The summed E-state index contributed by atoms with van der Waals surface area (Å²) >= 11 is 1.71. The quantitative estimate of drug-likeness (QED) is 0.632. The molecule has 3 aromatic rings. The molecule has 4 heterocycles. The van der Waals surface area contributed by atoms with Gasteiger partial charge in [-0.05, 0) is 5.56 Å². The number of morpholine rings is 1. The van der Waals surface area contributed by atoms with Gasteiger partial charge in [0.2, 0.25) is 0 Å². The predicted octanol–water partition coefficient (Wildman–Crippen LogP) is 2.30. The van der Waals surface area contributed by atoms with E-state index in [1.165, 1.54) is 11.1 Å². The Labute approximate surface area is 186 Å². The summed E-state index contributed by atoms with van der Waals surface area (Å²) in [4.78, 5) is 18.2. The molecule has 0 aliphatic carbocycles. The molecule has 1 N–H and O–H groups in total. The summed E-state index contributed by atoms with van der Waals surface area (Å²) in [7, 11) is 0. The smallest absolute Gasteiger partial charge is 0.146 e. The zero-order valence-corrected chi connectivity index (χ0v) is 18.6. The lowest BCUT2D eigenvalue weighted by Crippen LogP contribution is -2.47. The Morgan fingerprint density at radius 3 is 2.45 bits per heavy atom. The Balaban J connectivity index is 1.51. The SMILES string of the molecule is OCCN1CCN(c2nc(CN3CCOCC3)nc3scc(-c4ccccc4)c23)CC1. The van der Waals surface area contributed by atoms with Gasteiger partial charge in [0.15, 0.2) is 0 Å². The molecule has 2 aliphatic heterocycles. The lowest BCUT2D eigenvalue weighted by molar-refractivity contribution is 0.0331. The fourth-order valence-corrected chi connectivity index (χ4v) is 5.34. The van der Waals surface area contributed by atoms with Crippen LogP contribution in [0, 0.1) is 0 Å². The number of aliphatic hydroxyl groups excluding tert-OH is 1. The van der Waals surface area contributed by atoms with Crippen LogP contribution in [0.3, 0.4) is 0 Å². The van der Waals surface area contributed by atoms with Crippen LogP contribution in [0.25, 0.3) is 21.3 Å². The zero-order chi connectivity index (χ0) is 21.0. The van der Waals surface area contributed by atoms with E-state index in [1.807, 2.05) is 0 Å². The van der Waals surface area contributed by atoms with Gasteiger partial charge in [0.05, 0.1) is 31.8 Å². The second-order valence-electron chi connectivity index (χ2n) is 8.10. The number of β-amino-alcohol motifs (C(OH)–C–C–N with tert-alkyl or cyclic N) is 1. The van der Waals surface area contributed by atoms with Crippen molar-refractivity contribution < 1.29 is 9.84 Å². The molecule has 2 fully saturated rings. The van der Waals surface area contributed by atoms with Crippen molar-refractivity contribution in [1.82, 2.24) is 19.8 Å². The minimum Gasteiger partial charge on any atom is -0.395 e. The van der Waals surface area contributed by atoms with E-state index in [4.69, 9.17) is 14.7 Å². The number of benzene rings is 1. The molecular weight excluding hydrogens is 410 g/mol. The Kier molecular flexibility index (Phi) is 6.42. The number of fused-ring (bicyclic) bond motifs is 1. The van der Waals surface area contributed by atoms with E-state index < -0.39 is 0 Å². The first kappa shape index (κ1) is 20.8. The van der Waals surface area contributed by atoms with E-state index in [1.54, 1.807) is 11.3 Å². The first-order valence-corrected chi connectivity index (χ1v) is 11.9. The molecule has 0 spiro atoms. The van der Waals surface area contributed by atoms with Crippen LogP contribution in [-0.4, -0.2) is 90.5 Å². The Morgan fingerprint density at radius 2 is 1.71 bits per heavy atom. The third-order valence-electron chi connectivity index (χ3n) is 6.10. The van der Waals surface area contributed by atoms with Gasteiger partial charge in [-0.25, -0.2) is 9.97 Å². The zero-order valence-electron chi connectivity index (χ0n) is 17.7. The number of hydrogen-bond acceptors (Lipinski definition) is 8. The lowest BCUT2D eigenvalue weighted by atomic mass is 10.1. The number of piperazine rings is 1. The van der Waals surface area contributed by atoms with Crippen molar-refractivity contribution in [2.24, 2.45) is 0 Å². The maximum Gasteiger partial charge on any atom is 0.146 e. The van der Waals surface area contributed by atoms with Crippen molar-refractivity contribution in [3.05, 3.63) is 41.5 Å². The number of aromatic nitrogens is 2. The van der Waals surface area contributed by atoms with Gasteiger partial charge in [-0.1, -0.05) is 30.3 Å². The summed E-state index contributed by atoms with van der Waals surface area (Å²) in [5.41, 5.74) is 2.42. The number of aliphatic hydroxyl groups is 1. The third-order valence-corrected chi connectivity index (χ3v) is 6.97. The van der Waals surface area contributed by atoms with E-state index in [2.05, 4.69) is 50.4 Å². The fourth-order valence-electron chi connectivity index (χ4n) is 4.38. The molecule has 164 valence electrons. The number of anilines is 1. The van der Waals surface area contributed by atoms with Crippen molar-refractivity contribution in [3.8, 4) is 11.1 Å². The van der Waals surface area contributed by atoms with E-state index in [0.29, 0.717) is 0 Å². The first-order chi connectivity index (χ1) is 15.3. The van der Waals surface area contributed by atoms with Gasteiger partial charge in [0.1, 0.15) is 16.5 Å². The fraction of sp³-hybridized carbons (Fsp3) is 0.478. The van der Waals surface area contributed by atoms with Gasteiger partial charge < -0.3 is 14.7 Å². The molecule has 1 aromatic carbocycles. The van der Waals surface area contributed by atoms with Crippen LogP contribution in [0.5, 0.6) is 0 Å². The topological polar surface area (TPSA) is 65.0 Å². The summed E-state index contributed by atoms with van der Waals surface area (Å²) in [5, 5.41) is 12.7. The van der Waals surface area contributed by atoms with E-state index in [-0.39, 0.29) is 6.61 Å². The number of ether oxygens (including phenoxy) is 1. The average Bonchev–Trinajstić information content (AvgIpc) is 3.25. The number of hydrogen-bond donors (Lipinski definition) is 1. The van der Waals surface area contributed by atoms with E-state index in [9.17, 15) is 5.11 Å². The summed E-state index contributed by atoms with van der Waals surface area (Å²) in [6.45, 7) is 8.82. The van der Waals surface area contributed by atoms with Crippen LogP contribution in [0.2, 0.25) is 0 Å². The molecule has 5 rings (SSSR count). The van der Waals surface area contributed by atoms with Gasteiger partial charge in [-0.2, -0.15) is 0 Å². The molecule has 2 saturated heterocycles. The Morgan fingerprint density at radius 1 is 0.935 bits per heavy atom. The van der Waals surface area contributed by atoms with Gasteiger partial charge in [0, 0.05) is 56.8 Å². The molecule has 0 amide bonds. The van der Waals surface area contributed by atoms with E-state index in [0.717, 1.165) is 87.4 Å². The van der Waals surface area contributed by atoms with Gasteiger partial charge in [-0.3, -0.25) is 9.80 Å². The molecule has 0 radical (unpaired) electrons. The monoisotopic (exact) mass is 439 g/mol. The molecule has 0 atom stereocenters. The maximum atomic E-state index is 9.28. The summed E-state index contributed by atoms with van der Waals surface area (Å²) < 4.78 is 5.50. The van der Waals surface area contributed by atoms with Crippen LogP contribution in [0.15, 0.2) is 35.7 Å². The molecule has 8 heteroatoms. The summed E-state index contributed by atoms with van der Waals surface area (Å²) in [6, 6.07) is 10.5. The second-order valence-corrected chi connectivity index (χ2v) is 8.96.